The Morgan fingerprint density at radius 1 is 1.20 bits per heavy atom. The van der Waals surface area contributed by atoms with Crippen LogP contribution in [0.5, 0.6) is 11.8 Å². The molecule has 0 bridgehead atoms. The quantitative estimate of drug-likeness (QED) is 0.787. The number of ether oxygens (including phenoxy) is 3. The fraction of sp³-hybridized carbons (Fsp3) is 0.500. The number of nitrogens with one attached hydrogen (secondary N) is 1. The van der Waals surface area contributed by atoms with Crippen molar-refractivity contribution in [2.75, 3.05) is 44.6 Å². The predicted octanol–water partition coefficient (Wildman–Crippen LogP) is 0.990. The van der Waals surface area contributed by atoms with Crippen molar-refractivity contribution >= 4 is 11.8 Å². The summed E-state index contributed by atoms with van der Waals surface area (Å²) in [5.74, 6) is 2.23. The first-order valence-corrected chi connectivity index (χ1v) is 8.00. The van der Waals surface area contributed by atoms with Crippen molar-refractivity contribution in [2.24, 2.45) is 0 Å². The molecule has 0 saturated carbocycles. The highest BCUT2D eigenvalue weighted by molar-refractivity contribution is 5.42. The zero-order valence-electron chi connectivity index (χ0n) is 14.5. The van der Waals surface area contributed by atoms with Gasteiger partial charge in [-0.1, -0.05) is 0 Å². The van der Waals surface area contributed by atoms with Gasteiger partial charge in [0.15, 0.2) is 0 Å². The van der Waals surface area contributed by atoms with Gasteiger partial charge in [0.2, 0.25) is 17.7 Å². The summed E-state index contributed by atoms with van der Waals surface area (Å²) in [7, 11) is 4.85. The van der Waals surface area contributed by atoms with Gasteiger partial charge < -0.3 is 24.4 Å². The number of nitrogens with zero attached hydrogens (tertiary/aromatic N) is 5. The Morgan fingerprint density at radius 3 is 2.56 bits per heavy atom. The van der Waals surface area contributed by atoms with Gasteiger partial charge in [-0.3, -0.25) is 0 Å². The number of aromatic nitrogens is 4. The number of hydrogen-bond donors (Lipinski definition) is 1. The summed E-state index contributed by atoms with van der Waals surface area (Å²) >= 11 is 0. The molecular weight excluding hydrogens is 324 g/mol. The number of methoxy groups -OCH3 is 3. The Bertz CT molecular complexity index is 665. The van der Waals surface area contributed by atoms with Crippen LogP contribution in [0.15, 0.2) is 24.7 Å². The molecule has 0 radical (unpaired) electrons. The van der Waals surface area contributed by atoms with Crippen LogP contribution in [0.1, 0.15) is 6.42 Å². The summed E-state index contributed by atoms with van der Waals surface area (Å²) in [6.45, 7) is 1.42. The molecule has 1 aliphatic heterocycles. The average molecular weight is 346 g/mol. The minimum atomic E-state index is 0.155. The van der Waals surface area contributed by atoms with Gasteiger partial charge in [0.25, 0.3) is 0 Å². The van der Waals surface area contributed by atoms with Gasteiger partial charge in [0.1, 0.15) is 12.1 Å². The molecule has 1 fully saturated rings. The monoisotopic (exact) mass is 346 g/mol. The van der Waals surface area contributed by atoms with Gasteiger partial charge in [-0.05, 0) is 12.5 Å². The van der Waals surface area contributed by atoms with Crippen LogP contribution in [-0.2, 0) is 4.74 Å². The highest BCUT2D eigenvalue weighted by Gasteiger charge is 2.33. The van der Waals surface area contributed by atoms with E-state index >= 15 is 0 Å². The molecule has 2 aromatic rings. The van der Waals surface area contributed by atoms with E-state index in [0.29, 0.717) is 24.3 Å². The molecule has 0 aliphatic carbocycles. The first kappa shape index (κ1) is 17.2. The lowest BCUT2D eigenvalue weighted by Crippen LogP contribution is -2.36. The van der Waals surface area contributed by atoms with Crippen molar-refractivity contribution < 1.29 is 14.2 Å². The summed E-state index contributed by atoms with van der Waals surface area (Å²) < 4.78 is 15.9. The van der Waals surface area contributed by atoms with Crippen LogP contribution in [0.25, 0.3) is 0 Å². The first-order valence-electron chi connectivity index (χ1n) is 8.00. The second kappa shape index (κ2) is 7.93. The van der Waals surface area contributed by atoms with E-state index in [1.54, 1.807) is 39.9 Å². The molecule has 0 spiro atoms. The lowest BCUT2D eigenvalue weighted by molar-refractivity contribution is 0.118. The Hall–Kier alpha value is -2.68. The summed E-state index contributed by atoms with van der Waals surface area (Å²) in [4.78, 5) is 19.1. The van der Waals surface area contributed by atoms with E-state index in [2.05, 4.69) is 30.2 Å². The van der Waals surface area contributed by atoms with Crippen LogP contribution >= 0.6 is 0 Å². The van der Waals surface area contributed by atoms with Crippen molar-refractivity contribution in [3.8, 4) is 11.8 Å². The molecule has 0 aromatic carbocycles. The molecule has 134 valence electrons. The van der Waals surface area contributed by atoms with Gasteiger partial charge >= 0.3 is 0 Å². The Morgan fingerprint density at radius 2 is 1.96 bits per heavy atom. The highest BCUT2D eigenvalue weighted by Crippen LogP contribution is 2.25. The zero-order chi connectivity index (χ0) is 17.6. The number of hydrogen-bond acceptors (Lipinski definition) is 9. The summed E-state index contributed by atoms with van der Waals surface area (Å²) in [5, 5.41) is 3.26. The van der Waals surface area contributed by atoms with Crippen LogP contribution in [0.4, 0.5) is 11.8 Å². The van der Waals surface area contributed by atoms with Gasteiger partial charge in [-0.25, -0.2) is 9.97 Å². The Balaban J connectivity index is 1.72. The molecule has 3 heterocycles. The minimum absolute atomic E-state index is 0.155. The fourth-order valence-corrected chi connectivity index (χ4v) is 2.87. The van der Waals surface area contributed by atoms with Crippen LogP contribution in [-0.4, -0.2) is 66.5 Å². The maximum Gasteiger partial charge on any atom is 0.229 e. The van der Waals surface area contributed by atoms with E-state index in [0.717, 1.165) is 18.8 Å². The predicted molar refractivity (Wildman–Crippen MR) is 92.2 cm³/mol. The maximum atomic E-state index is 5.53. The van der Waals surface area contributed by atoms with Gasteiger partial charge in [-0.2, -0.15) is 9.97 Å². The molecule has 2 atom stereocenters. The number of anilines is 2. The van der Waals surface area contributed by atoms with E-state index in [1.165, 1.54) is 0 Å². The van der Waals surface area contributed by atoms with Crippen molar-refractivity contribution in [3.05, 3.63) is 24.7 Å². The van der Waals surface area contributed by atoms with Crippen molar-refractivity contribution in [1.82, 2.24) is 19.9 Å². The molecule has 1 N–H and O–H groups in total. The molecular formula is C16H22N6O3. The SMILES string of the molecule is COc1cc(OC)nc(NC[C@H]2C[C@@H](OC)CN2c2ccncn2)n1. The highest BCUT2D eigenvalue weighted by atomic mass is 16.5. The topological polar surface area (TPSA) is 94.5 Å². The largest absolute Gasteiger partial charge is 0.481 e. The summed E-state index contributed by atoms with van der Waals surface area (Å²) in [6.07, 6.45) is 4.33. The average Bonchev–Trinajstić information content (AvgIpc) is 3.10. The summed E-state index contributed by atoms with van der Waals surface area (Å²) in [6, 6.07) is 3.73. The third-order valence-corrected chi connectivity index (χ3v) is 4.16. The lowest BCUT2D eigenvalue weighted by Gasteiger charge is -2.25. The van der Waals surface area contributed by atoms with Crippen molar-refractivity contribution in [1.29, 1.82) is 0 Å². The van der Waals surface area contributed by atoms with Gasteiger partial charge in [0.05, 0.1) is 32.4 Å². The molecule has 9 nitrogen and oxygen atoms in total. The lowest BCUT2D eigenvalue weighted by atomic mass is 10.2. The van der Waals surface area contributed by atoms with Crippen molar-refractivity contribution in [3.63, 3.8) is 0 Å². The molecule has 0 unspecified atom stereocenters. The van der Waals surface area contributed by atoms with Crippen LogP contribution in [0.3, 0.4) is 0 Å². The third-order valence-electron chi connectivity index (χ3n) is 4.16. The van der Waals surface area contributed by atoms with E-state index in [4.69, 9.17) is 14.2 Å². The van der Waals surface area contributed by atoms with Gasteiger partial charge in [-0.15, -0.1) is 0 Å². The molecule has 25 heavy (non-hydrogen) atoms. The molecule has 2 aromatic heterocycles. The second-order valence-corrected chi connectivity index (χ2v) is 5.62. The van der Waals surface area contributed by atoms with Crippen LogP contribution < -0.4 is 19.7 Å². The zero-order valence-corrected chi connectivity index (χ0v) is 14.5. The van der Waals surface area contributed by atoms with Crippen molar-refractivity contribution in [2.45, 2.75) is 18.6 Å². The fourth-order valence-electron chi connectivity index (χ4n) is 2.87. The minimum Gasteiger partial charge on any atom is -0.481 e. The van der Waals surface area contributed by atoms with E-state index in [-0.39, 0.29) is 12.1 Å². The molecule has 1 aliphatic rings. The Kier molecular flexibility index (Phi) is 5.44. The van der Waals surface area contributed by atoms with Crippen LogP contribution in [0.2, 0.25) is 0 Å². The first-order chi connectivity index (χ1) is 12.2. The van der Waals surface area contributed by atoms with E-state index in [1.807, 2.05) is 6.07 Å². The molecule has 1 saturated heterocycles. The second-order valence-electron chi connectivity index (χ2n) is 5.62. The standard InChI is InChI=1S/C16H22N6O3/c1-23-12-6-11(22(9-12)13-4-5-17-10-19-13)8-18-16-20-14(24-2)7-15(21-16)25-3/h4-5,7,10-12H,6,8-9H2,1-3H3,(H,18,20,21)/t11-,12-/m1/s1. The molecule has 9 heteroatoms. The van der Waals surface area contributed by atoms with E-state index in [9.17, 15) is 0 Å². The van der Waals surface area contributed by atoms with Gasteiger partial charge in [0, 0.05) is 26.4 Å². The molecule has 0 amide bonds. The normalized spacial score (nSPS) is 19.7. The third kappa shape index (κ3) is 4.05. The molecule has 3 rings (SSSR count). The van der Waals surface area contributed by atoms with E-state index < -0.39 is 0 Å². The van der Waals surface area contributed by atoms with Crippen LogP contribution in [0, 0.1) is 0 Å². The summed E-state index contributed by atoms with van der Waals surface area (Å²) in [5.41, 5.74) is 0. The maximum absolute atomic E-state index is 5.53. The smallest absolute Gasteiger partial charge is 0.229 e. The number of rotatable bonds is 7. The Labute approximate surface area is 146 Å².